The minimum absolute atomic E-state index is 0.0857. The molecule has 0 heterocycles. The zero-order chi connectivity index (χ0) is 30.9. The number of aliphatic carboxylic acids is 1. The number of benzene rings is 2. The van der Waals surface area contributed by atoms with E-state index < -0.39 is 11.6 Å². The number of nitrogens with zero attached hydrogens (tertiary/aromatic N) is 1. The Kier molecular flexibility index (Phi) is 11.5. The molecule has 0 radical (unpaired) electrons. The molecule has 226 valence electrons. The third-order valence-corrected chi connectivity index (χ3v) is 6.97. The van der Waals surface area contributed by atoms with E-state index in [0.29, 0.717) is 23.3 Å². The molecule has 2 atom stereocenters. The highest BCUT2D eigenvalue weighted by atomic mass is 16.6. The predicted molar refractivity (Wildman–Crippen MR) is 169 cm³/mol. The van der Waals surface area contributed by atoms with Gasteiger partial charge in [0, 0.05) is 17.7 Å². The van der Waals surface area contributed by atoms with Gasteiger partial charge in [0.1, 0.15) is 17.5 Å². The summed E-state index contributed by atoms with van der Waals surface area (Å²) in [6.07, 6.45) is 9.99. The number of amides is 1. The van der Waals surface area contributed by atoms with E-state index in [0.717, 1.165) is 40.9 Å². The van der Waals surface area contributed by atoms with Crippen LogP contribution in [0.4, 0.5) is 0 Å². The molecule has 2 N–H and O–H groups in total. The van der Waals surface area contributed by atoms with E-state index in [1.54, 1.807) is 18.3 Å². The van der Waals surface area contributed by atoms with Crippen LogP contribution in [0.15, 0.2) is 65.8 Å². The smallest absolute Gasteiger partial charge is 0.305 e. The molecule has 1 amide bonds. The zero-order valence-electron chi connectivity index (χ0n) is 26.0. The third-order valence-electron chi connectivity index (χ3n) is 6.97. The highest BCUT2D eigenvalue weighted by molar-refractivity contribution is 5.94. The standard InChI is InChI=1S/C35H46N2O5/c1-23(2)20-32(27-12-14-28(15-13-27)34(40)36-19-18-33(38)39)41-30-16-17-31(26-10-8-25(9-11-26)24(3)4)29(21-30)22-37-42-35(5,6)7/h8,10-17,21-25,32H,9,18-20H2,1-7H3,(H,36,40)(H,38,39)/b37-22+. The fraction of sp³-hybridized carbons (Fsp3) is 0.457. The first-order valence-electron chi connectivity index (χ1n) is 14.8. The van der Waals surface area contributed by atoms with Gasteiger partial charge in [-0.2, -0.15) is 0 Å². The summed E-state index contributed by atoms with van der Waals surface area (Å²) >= 11 is 0. The van der Waals surface area contributed by atoms with Gasteiger partial charge in [-0.25, -0.2) is 0 Å². The molecule has 0 aliphatic heterocycles. The van der Waals surface area contributed by atoms with Crippen molar-refractivity contribution < 1.29 is 24.3 Å². The number of nitrogens with one attached hydrogen (secondary N) is 1. The summed E-state index contributed by atoms with van der Waals surface area (Å²) in [5.74, 6) is 0.978. The Morgan fingerprint density at radius 3 is 2.38 bits per heavy atom. The fourth-order valence-electron chi connectivity index (χ4n) is 4.63. The van der Waals surface area contributed by atoms with Crippen LogP contribution >= 0.6 is 0 Å². The van der Waals surface area contributed by atoms with E-state index in [9.17, 15) is 9.59 Å². The minimum atomic E-state index is -0.949. The number of rotatable bonds is 13. The predicted octanol–water partition coefficient (Wildman–Crippen LogP) is 7.82. The second-order valence-electron chi connectivity index (χ2n) is 12.6. The van der Waals surface area contributed by atoms with Crippen molar-refractivity contribution in [2.45, 2.75) is 79.4 Å². The summed E-state index contributed by atoms with van der Waals surface area (Å²) in [7, 11) is 0. The summed E-state index contributed by atoms with van der Waals surface area (Å²) in [4.78, 5) is 28.8. The lowest BCUT2D eigenvalue weighted by atomic mass is 9.85. The Morgan fingerprint density at radius 2 is 1.81 bits per heavy atom. The first kappa shape index (κ1) is 32.6. The minimum Gasteiger partial charge on any atom is -0.486 e. The molecular formula is C35H46N2O5. The first-order chi connectivity index (χ1) is 19.8. The van der Waals surface area contributed by atoms with Crippen molar-refractivity contribution in [3.63, 3.8) is 0 Å². The van der Waals surface area contributed by atoms with Crippen molar-refractivity contribution in [1.29, 1.82) is 0 Å². The SMILES string of the molecule is CC(C)CC(Oc1ccc(C2=CCC(C(C)C)C=C2)c(/C=N/OC(C)(C)C)c1)c1ccc(C(=O)NCCC(=O)O)cc1. The van der Waals surface area contributed by atoms with Gasteiger partial charge in [-0.1, -0.05) is 69.3 Å². The van der Waals surface area contributed by atoms with E-state index in [4.69, 9.17) is 14.7 Å². The van der Waals surface area contributed by atoms with Gasteiger partial charge >= 0.3 is 5.97 Å². The van der Waals surface area contributed by atoms with Gasteiger partial charge in [-0.05, 0) is 92.3 Å². The Bertz CT molecular complexity index is 1300. The molecule has 0 saturated heterocycles. The van der Waals surface area contributed by atoms with Crippen molar-refractivity contribution >= 4 is 23.7 Å². The number of hydrogen-bond acceptors (Lipinski definition) is 5. The lowest BCUT2D eigenvalue weighted by molar-refractivity contribution is -0.136. The molecule has 42 heavy (non-hydrogen) atoms. The lowest BCUT2D eigenvalue weighted by Crippen LogP contribution is -2.26. The van der Waals surface area contributed by atoms with Crippen LogP contribution in [-0.2, 0) is 9.63 Å². The van der Waals surface area contributed by atoms with Crippen LogP contribution in [0.5, 0.6) is 5.75 Å². The zero-order valence-corrected chi connectivity index (χ0v) is 26.0. The maximum absolute atomic E-state index is 12.4. The van der Waals surface area contributed by atoms with E-state index in [2.05, 4.69) is 62.5 Å². The molecule has 7 heteroatoms. The molecule has 2 aromatic carbocycles. The Labute approximate surface area is 250 Å². The Morgan fingerprint density at radius 1 is 1.10 bits per heavy atom. The second kappa shape index (κ2) is 14.9. The maximum Gasteiger partial charge on any atom is 0.305 e. The molecule has 0 spiro atoms. The van der Waals surface area contributed by atoms with Crippen LogP contribution in [0.1, 0.15) is 101 Å². The number of allylic oxidation sites excluding steroid dienone is 4. The summed E-state index contributed by atoms with van der Waals surface area (Å²) in [6, 6.07) is 13.4. The highest BCUT2D eigenvalue weighted by Crippen LogP contribution is 2.33. The van der Waals surface area contributed by atoms with Gasteiger partial charge in [0.25, 0.3) is 5.91 Å². The van der Waals surface area contributed by atoms with Crippen molar-refractivity contribution in [3.8, 4) is 5.75 Å². The van der Waals surface area contributed by atoms with E-state index in [1.165, 1.54) is 0 Å². The Balaban J connectivity index is 1.86. The summed E-state index contributed by atoms with van der Waals surface area (Å²) in [5, 5.41) is 15.7. The quantitative estimate of drug-likeness (QED) is 0.188. The topological polar surface area (TPSA) is 97.2 Å². The van der Waals surface area contributed by atoms with Crippen molar-refractivity contribution in [2.24, 2.45) is 22.9 Å². The molecule has 1 aliphatic rings. The number of carboxylic acid groups (broad SMARTS) is 1. The average molecular weight is 575 g/mol. The van der Waals surface area contributed by atoms with Gasteiger partial charge in [0.2, 0.25) is 0 Å². The summed E-state index contributed by atoms with van der Waals surface area (Å²) < 4.78 is 6.58. The maximum atomic E-state index is 12.4. The van der Waals surface area contributed by atoms with Gasteiger partial charge in [0.05, 0.1) is 12.6 Å². The van der Waals surface area contributed by atoms with Crippen molar-refractivity contribution in [2.75, 3.05) is 6.54 Å². The molecule has 2 aromatic rings. The van der Waals surface area contributed by atoms with Crippen LogP contribution < -0.4 is 10.1 Å². The molecule has 2 unspecified atom stereocenters. The van der Waals surface area contributed by atoms with Crippen LogP contribution in [0.25, 0.3) is 5.57 Å². The number of ether oxygens (including phenoxy) is 1. The van der Waals surface area contributed by atoms with Crippen LogP contribution in [0.2, 0.25) is 0 Å². The highest BCUT2D eigenvalue weighted by Gasteiger charge is 2.19. The van der Waals surface area contributed by atoms with Crippen LogP contribution in [-0.4, -0.2) is 35.3 Å². The number of oxime groups is 1. The van der Waals surface area contributed by atoms with Crippen LogP contribution in [0, 0.1) is 17.8 Å². The average Bonchev–Trinajstić information content (AvgIpc) is 2.92. The van der Waals surface area contributed by atoms with Gasteiger partial charge in [0.15, 0.2) is 0 Å². The molecule has 1 aliphatic carbocycles. The normalized spacial score (nSPS) is 16.0. The first-order valence-corrected chi connectivity index (χ1v) is 14.8. The van der Waals surface area contributed by atoms with Gasteiger partial charge in [-0.3, -0.25) is 9.59 Å². The van der Waals surface area contributed by atoms with Gasteiger partial charge in [-0.15, -0.1) is 0 Å². The van der Waals surface area contributed by atoms with E-state index in [-0.39, 0.29) is 25.0 Å². The third kappa shape index (κ3) is 10.2. The number of carboxylic acids is 1. The largest absolute Gasteiger partial charge is 0.486 e. The molecule has 7 nitrogen and oxygen atoms in total. The molecule has 0 aromatic heterocycles. The number of carbonyl (C=O) groups excluding carboxylic acids is 1. The van der Waals surface area contributed by atoms with Gasteiger partial charge < -0.3 is 20.0 Å². The Hall–Kier alpha value is -3.87. The molecular weight excluding hydrogens is 528 g/mol. The number of carbonyl (C=O) groups is 2. The lowest BCUT2D eigenvalue weighted by Gasteiger charge is -2.23. The second-order valence-corrected chi connectivity index (χ2v) is 12.6. The number of hydrogen-bond donors (Lipinski definition) is 2. The van der Waals surface area contributed by atoms with Crippen LogP contribution in [0.3, 0.4) is 0 Å². The summed E-state index contributed by atoms with van der Waals surface area (Å²) in [6.45, 7) is 14.8. The molecule has 0 saturated carbocycles. The van der Waals surface area contributed by atoms with Crippen molar-refractivity contribution in [3.05, 3.63) is 82.9 Å². The molecule has 0 fully saturated rings. The summed E-state index contributed by atoms with van der Waals surface area (Å²) in [5.41, 5.74) is 4.17. The van der Waals surface area contributed by atoms with E-state index >= 15 is 0 Å². The monoisotopic (exact) mass is 574 g/mol. The fourth-order valence-corrected chi connectivity index (χ4v) is 4.63. The van der Waals surface area contributed by atoms with E-state index in [1.807, 2.05) is 45.0 Å². The molecule has 0 bridgehead atoms. The molecule has 3 rings (SSSR count). The van der Waals surface area contributed by atoms with Crippen molar-refractivity contribution in [1.82, 2.24) is 5.32 Å².